The Morgan fingerprint density at radius 1 is 1.00 bits per heavy atom. The average molecular weight is 421 g/mol. The van der Waals surface area contributed by atoms with Crippen LogP contribution in [0, 0.1) is 5.82 Å². The Hall–Kier alpha value is -2.61. The molecular formula is C21H25FN2O4S. The molecule has 1 aliphatic heterocycles. The Morgan fingerprint density at radius 3 is 2.14 bits per heavy atom. The van der Waals surface area contributed by atoms with Crippen LogP contribution in [0.1, 0.15) is 25.7 Å². The number of benzene rings is 2. The fraction of sp³-hybridized carbons (Fsp3) is 0.381. The number of hydrogen-bond acceptors (Lipinski definition) is 4. The molecule has 1 fully saturated rings. The van der Waals surface area contributed by atoms with Gasteiger partial charge in [0.15, 0.2) is 0 Å². The van der Waals surface area contributed by atoms with Gasteiger partial charge in [-0.2, -0.15) is 0 Å². The van der Waals surface area contributed by atoms with Crippen molar-refractivity contribution in [3.05, 3.63) is 54.3 Å². The first-order valence-electron chi connectivity index (χ1n) is 9.62. The van der Waals surface area contributed by atoms with Crippen molar-refractivity contribution >= 4 is 21.6 Å². The number of sulfonamides is 1. The van der Waals surface area contributed by atoms with Crippen molar-refractivity contribution in [1.82, 2.24) is 4.90 Å². The minimum absolute atomic E-state index is 0.0336. The summed E-state index contributed by atoms with van der Waals surface area (Å²) < 4.78 is 46.2. The highest BCUT2D eigenvalue weighted by Gasteiger charge is 2.29. The summed E-state index contributed by atoms with van der Waals surface area (Å²) in [4.78, 5) is 14.7. The van der Waals surface area contributed by atoms with Crippen LogP contribution in [-0.4, -0.2) is 46.0 Å². The second-order valence-corrected chi connectivity index (χ2v) is 8.82. The Morgan fingerprint density at radius 2 is 1.59 bits per heavy atom. The third-order valence-electron chi connectivity index (χ3n) is 5.00. The number of rotatable bonds is 6. The molecule has 3 rings (SSSR count). The summed E-state index contributed by atoms with van der Waals surface area (Å²) in [7, 11) is -2.53. The molecule has 2 aromatic rings. The maximum Gasteiger partial charge on any atom is 0.264 e. The number of likely N-dealkylation sites (tertiary alicyclic amines) is 1. The number of hydrogen-bond donors (Lipinski definition) is 0. The summed E-state index contributed by atoms with van der Waals surface area (Å²) in [6, 6.07) is 11.1. The van der Waals surface area contributed by atoms with E-state index in [2.05, 4.69) is 0 Å². The number of carbonyl (C=O) groups is 1. The SMILES string of the molecule is COc1ccc(S(=O)(=O)N(CC(=O)N2CCCCCC2)c2ccc(F)cc2)cc1. The average Bonchev–Trinajstić information content (AvgIpc) is 3.02. The summed E-state index contributed by atoms with van der Waals surface area (Å²) in [6.07, 6.45) is 3.95. The van der Waals surface area contributed by atoms with Crippen molar-refractivity contribution in [3.63, 3.8) is 0 Å². The second-order valence-electron chi connectivity index (χ2n) is 6.96. The van der Waals surface area contributed by atoms with Gasteiger partial charge in [-0.15, -0.1) is 0 Å². The van der Waals surface area contributed by atoms with Gasteiger partial charge in [0.2, 0.25) is 5.91 Å². The number of methoxy groups -OCH3 is 1. The van der Waals surface area contributed by atoms with E-state index in [0.29, 0.717) is 18.8 Å². The van der Waals surface area contributed by atoms with Crippen LogP contribution in [0.5, 0.6) is 5.75 Å². The van der Waals surface area contributed by atoms with E-state index in [4.69, 9.17) is 4.74 Å². The fourth-order valence-corrected chi connectivity index (χ4v) is 4.75. The molecule has 0 atom stereocenters. The van der Waals surface area contributed by atoms with Gasteiger partial charge in [-0.1, -0.05) is 12.8 Å². The molecule has 0 bridgehead atoms. The van der Waals surface area contributed by atoms with Crippen molar-refractivity contribution < 1.29 is 22.3 Å². The van der Waals surface area contributed by atoms with E-state index in [1.807, 2.05) is 0 Å². The maximum atomic E-state index is 13.4. The standard InChI is InChI=1S/C21H25FN2O4S/c1-28-19-10-12-20(13-11-19)29(26,27)24(18-8-6-17(22)7-9-18)16-21(25)23-14-4-2-3-5-15-23/h6-13H,2-5,14-16H2,1H3. The minimum atomic E-state index is -4.03. The van der Waals surface area contributed by atoms with Crippen LogP contribution in [0.3, 0.4) is 0 Å². The van der Waals surface area contributed by atoms with Crippen LogP contribution in [0.15, 0.2) is 53.4 Å². The highest BCUT2D eigenvalue weighted by molar-refractivity contribution is 7.92. The lowest BCUT2D eigenvalue weighted by molar-refractivity contribution is -0.129. The molecule has 0 aromatic heterocycles. The molecule has 1 aliphatic rings. The summed E-state index contributed by atoms with van der Waals surface area (Å²) in [6.45, 7) is 0.914. The number of nitrogens with zero attached hydrogens (tertiary/aromatic N) is 2. The molecule has 156 valence electrons. The van der Waals surface area contributed by atoms with Crippen LogP contribution in [0.2, 0.25) is 0 Å². The van der Waals surface area contributed by atoms with Crippen molar-refractivity contribution in [2.24, 2.45) is 0 Å². The quantitative estimate of drug-likeness (QED) is 0.718. The second kappa shape index (κ2) is 9.26. The smallest absolute Gasteiger partial charge is 0.264 e. The highest BCUT2D eigenvalue weighted by atomic mass is 32.2. The summed E-state index contributed by atoms with van der Waals surface area (Å²) >= 11 is 0. The number of ether oxygens (including phenoxy) is 1. The third kappa shape index (κ3) is 5.06. The van der Waals surface area contributed by atoms with Crippen LogP contribution in [0.25, 0.3) is 0 Å². The largest absolute Gasteiger partial charge is 0.497 e. The molecule has 1 saturated heterocycles. The summed E-state index contributed by atoms with van der Waals surface area (Å²) in [5, 5.41) is 0. The lowest BCUT2D eigenvalue weighted by atomic mass is 10.2. The zero-order chi connectivity index (χ0) is 20.9. The van der Waals surface area contributed by atoms with E-state index in [0.717, 1.165) is 30.0 Å². The molecule has 0 N–H and O–H groups in total. The van der Waals surface area contributed by atoms with Gasteiger partial charge < -0.3 is 9.64 Å². The van der Waals surface area contributed by atoms with Crippen molar-refractivity contribution in [2.45, 2.75) is 30.6 Å². The maximum absolute atomic E-state index is 13.4. The Kier molecular flexibility index (Phi) is 6.74. The first-order valence-corrected chi connectivity index (χ1v) is 11.1. The third-order valence-corrected chi connectivity index (χ3v) is 6.79. The molecule has 6 nitrogen and oxygen atoms in total. The Labute approximate surface area is 170 Å². The van der Waals surface area contributed by atoms with Gasteiger partial charge in [0.25, 0.3) is 10.0 Å². The first kappa shape index (κ1) is 21.1. The lowest BCUT2D eigenvalue weighted by Gasteiger charge is -2.28. The van der Waals surface area contributed by atoms with Gasteiger partial charge in [0.1, 0.15) is 18.1 Å². The molecule has 1 heterocycles. The van der Waals surface area contributed by atoms with Crippen LogP contribution in [-0.2, 0) is 14.8 Å². The van der Waals surface area contributed by atoms with Crippen LogP contribution in [0.4, 0.5) is 10.1 Å². The zero-order valence-corrected chi connectivity index (χ0v) is 17.2. The lowest BCUT2D eigenvalue weighted by Crippen LogP contribution is -2.43. The number of anilines is 1. The molecule has 0 spiro atoms. The van der Waals surface area contributed by atoms with Gasteiger partial charge >= 0.3 is 0 Å². The van der Waals surface area contributed by atoms with Gasteiger partial charge in [-0.3, -0.25) is 9.10 Å². The van der Waals surface area contributed by atoms with E-state index in [1.54, 1.807) is 17.0 Å². The van der Waals surface area contributed by atoms with E-state index in [9.17, 15) is 17.6 Å². The van der Waals surface area contributed by atoms with E-state index in [1.165, 1.54) is 43.5 Å². The van der Waals surface area contributed by atoms with Crippen molar-refractivity contribution in [2.75, 3.05) is 31.0 Å². The molecule has 0 radical (unpaired) electrons. The van der Waals surface area contributed by atoms with Gasteiger partial charge in [0.05, 0.1) is 17.7 Å². The predicted octanol–water partition coefficient (Wildman–Crippen LogP) is 3.43. The topological polar surface area (TPSA) is 66.9 Å². The molecule has 2 aromatic carbocycles. The number of halogens is 1. The normalized spacial score (nSPS) is 14.9. The number of carbonyl (C=O) groups excluding carboxylic acids is 1. The van der Waals surface area contributed by atoms with Crippen molar-refractivity contribution in [3.8, 4) is 5.75 Å². The molecule has 0 aliphatic carbocycles. The van der Waals surface area contributed by atoms with Crippen LogP contribution >= 0.6 is 0 Å². The molecular weight excluding hydrogens is 395 g/mol. The van der Waals surface area contributed by atoms with E-state index in [-0.39, 0.29) is 23.0 Å². The molecule has 0 unspecified atom stereocenters. The summed E-state index contributed by atoms with van der Waals surface area (Å²) in [5.74, 6) is -0.208. The fourth-order valence-electron chi connectivity index (χ4n) is 3.34. The van der Waals surface area contributed by atoms with Gasteiger partial charge in [0, 0.05) is 13.1 Å². The molecule has 1 amide bonds. The first-order chi connectivity index (χ1) is 13.9. The van der Waals surface area contributed by atoms with E-state index < -0.39 is 15.8 Å². The molecule has 29 heavy (non-hydrogen) atoms. The minimum Gasteiger partial charge on any atom is -0.497 e. The Bertz CT molecular complexity index is 922. The van der Waals surface area contributed by atoms with E-state index >= 15 is 0 Å². The monoisotopic (exact) mass is 420 g/mol. The molecule has 8 heteroatoms. The Balaban J connectivity index is 1.93. The van der Waals surface area contributed by atoms with Crippen LogP contribution < -0.4 is 9.04 Å². The zero-order valence-electron chi connectivity index (χ0n) is 16.4. The van der Waals surface area contributed by atoms with Gasteiger partial charge in [-0.05, 0) is 61.4 Å². The highest BCUT2D eigenvalue weighted by Crippen LogP contribution is 2.26. The molecule has 0 saturated carbocycles. The number of amides is 1. The summed E-state index contributed by atoms with van der Waals surface area (Å²) in [5.41, 5.74) is 0.241. The van der Waals surface area contributed by atoms with Gasteiger partial charge in [-0.25, -0.2) is 12.8 Å². The van der Waals surface area contributed by atoms with Crippen molar-refractivity contribution in [1.29, 1.82) is 0 Å². The predicted molar refractivity (Wildman–Crippen MR) is 109 cm³/mol.